The lowest BCUT2D eigenvalue weighted by Gasteiger charge is -2.50. The average molecular weight is 569 g/mol. The highest BCUT2D eigenvalue weighted by atomic mass is 35.5. The van der Waals surface area contributed by atoms with Gasteiger partial charge in [-0.15, -0.1) is 0 Å². The second-order valence-electron chi connectivity index (χ2n) is 10.7. The Kier molecular flexibility index (Phi) is 8.82. The molecule has 2 fully saturated rings. The Morgan fingerprint density at radius 3 is 2.49 bits per heavy atom. The van der Waals surface area contributed by atoms with Gasteiger partial charge in [0, 0.05) is 49.3 Å². The number of halogens is 3. The molecule has 0 radical (unpaired) electrons. The highest BCUT2D eigenvalue weighted by Crippen LogP contribution is 2.41. The van der Waals surface area contributed by atoms with E-state index < -0.39 is 29.6 Å². The predicted molar refractivity (Wildman–Crippen MR) is 141 cm³/mol. The molecule has 0 aliphatic carbocycles. The van der Waals surface area contributed by atoms with Gasteiger partial charge in [-0.1, -0.05) is 25.4 Å². The number of piperidine rings is 1. The smallest absolute Gasteiger partial charge is 0.387 e. The monoisotopic (exact) mass is 568 g/mol. The number of nitrogens with zero attached hydrogens (tertiary/aromatic N) is 3. The molecule has 2 aliphatic heterocycles. The Bertz CT molecular complexity index is 1180. The van der Waals surface area contributed by atoms with Crippen molar-refractivity contribution in [3.8, 4) is 5.75 Å². The van der Waals surface area contributed by atoms with Gasteiger partial charge in [-0.2, -0.15) is 13.9 Å². The van der Waals surface area contributed by atoms with Crippen LogP contribution in [0.4, 0.5) is 14.5 Å². The summed E-state index contributed by atoms with van der Waals surface area (Å²) in [5.74, 6) is -1.64. The fraction of sp³-hybridized carbons (Fsp3) is 0.593. The zero-order valence-corrected chi connectivity index (χ0v) is 23.1. The number of amides is 1. The number of ether oxygens (including phenoxy) is 2. The van der Waals surface area contributed by atoms with E-state index in [0.29, 0.717) is 39.1 Å². The van der Waals surface area contributed by atoms with Crippen LogP contribution in [0, 0.1) is 5.92 Å². The lowest BCUT2D eigenvalue weighted by atomic mass is 9.76. The van der Waals surface area contributed by atoms with Crippen LogP contribution in [0.15, 0.2) is 30.5 Å². The van der Waals surface area contributed by atoms with Gasteiger partial charge in [-0.25, -0.2) is 0 Å². The normalized spacial score (nSPS) is 20.1. The van der Waals surface area contributed by atoms with E-state index in [-0.39, 0.29) is 41.1 Å². The van der Waals surface area contributed by atoms with Gasteiger partial charge < -0.3 is 19.9 Å². The summed E-state index contributed by atoms with van der Waals surface area (Å²) in [6, 6.07) is 5.96. The highest BCUT2D eigenvalue weighted by molar-refractivity contribution is 6.30. The molecule has 9 nitrogen and oxygen atoms in total. The van der Waals surface area contributed by atoms with Crippen LogP contribution in [-0.2, 0) is 19.9 Å². The van der Waals surface area contributed by atoms with Crippen LogP contribution in [0.25, 0.3) is 0 Å². The summed E-state index contributed by atoms with van der Waals surface area (Å²) in [7, 11) is 0. The third-order valence-corrected chi connectivity index (χ3v) is 8.43. The molecule has 4 rings (SSSR count). The number of alkyl halides is 2. The number of carbonyl (C=O) groups excluding carboxylic acids is 1. The van der Waals surface area contributed by atoms with Gasteiger partial charge in [-0.05, 0) is 62.6 Å². The topological polar surface area (TPSA) is 106 Å². The quantitative estimate of drug-likeness (QED) is 0.440. The molecule has 0 saturated carbocycles. The SMILES string of the molecule is CC(C)c1ccnn1C1(C(=O)Nc2ccc(Cl)cc2OC(F)F)CCN(C(C)(C(=O)O)C2CCOCC2)CC1. The summed E-state index contributed by atoms with van der Waals surface area (Å²) in [4.78, 5) is 28.6. The van der Waals surface area contributed by atoms with E-state index in [2.05, 4.69) is 15.2 Å². The molecule has 39 heavy (non-hydrogen) atoms. The molecule has 2 aromatic rings. The Hall–Kier alpha value is -2.76. The summed E-state index contributed by atoms with van der Waals surface area (Å²) >= 11 is 5.98. The molecule has 1 atom stereocenters. The van der Waals surface area contributed by atoms with Gasteiger partial charge in [0.25, 0.3) is 5.91 Å². The molecule has 0 bridgehead atoms. The molecule has 2 N–H and O–H groups in total. The maximum absolute atomic E-state index is 14.1. The van der Waals surface area contributed by atoms with Crippen molar-refractivity contribution in [3.05, 3.63) is 41.2 Å². The Morgan fingerprint density at radius 1 is 1.23 bits per heavy atom. The maximum atomic E-state index is 14.1. The Morgan fingerprint density at radius 2 is 1.90 bits per heavy atom. The van der Waals surface area contributed by atoms with E-state index in [1.54, 1.807) is 17.8 Å². The van der Waals surface area contributed by atoms with Crippen molar-refractivity contribution in [1.82, 2.24) is 14.7 Å². The molecular formula is C27H35ClF2N4O5. The fourth-order valence-electron chi connectivity index (χ4n) is 5.84. The predicted octanol–water partition coefficient (Wildman–Crippen LogP) is 4.96. The number of aliphatic carboxylic acids is 1. The van der Waals surface area contributed by atoms with Crippen molar-refractivity contribution in [2.75, 3.05) is 31.6 Å². The number of benzene rings is 1. The van der Waals surface area contributed by atoms with Crippen LogP contribution in [-0.4, -0.2) is 70.1 Å². The molecule has 1 unspecified atom stereocenters. The number of hydrogen-bond acceptors (Lipinski definition) is 6. The molecule has 2 saturated heterocycles. The summed E-state index contributed by atoms with van der Waals surface area (Å²) in [5, 5.41) is 17.8. The van der Waals surface area contributed by atoms with E-state index in [1.807, 2.05) is 24.8 Å². The van der Waals surface area contributed by atoms with Gasteiger partial charge in [0.1, 0.15) is 11.1 Å². The van der Waals surface area contributed by atoms with Crippen molar-refractivity contribution in [2.45, 2.75) is 70.1 Å². The molecule has 214 valence electrons. The minimum absolute atomic E-state index is 0.0509. The third kappa shape index (κ3) is 5.76. The maximum Gasteiger partial charge on any atom is 0.387 e. The number of carbonyl (C=O) groups is 2. The number of carboxylic acids is 1. The number of anilines is 1. The molecule has 2 aliphatic rings. The number of rotatable bonds is 9. The van der Waals surface area contributed by atoms with Gasteiger partial charge in [-0.3, -0.25) is 19.2 Å². The van der Waals surface area contributed by atoms with Crippen molar-refractivity contribution in [3.63, 3.8) is 0 Å². The lowest BCUT2D eigenvalue weighted by Crippen LogP contribution is -2.64. The second-order valence-corrected chi connectivity index (χ2v) is 11.1. The fourth-order valence-corrected chi connectivity index (χ4v) is 6.01. The highest BCUT2D eigenvalue weighted by Gasteiger charge is 2.52. The first kappa shape index (κ1) is 29.2. The minimum Gasteiger partial charge on any atom is -0.480 e. The van der Waals surface area contributed by atoms with Gasteiger partial charge >= 0.3 is 12.6 Å². The zero-order valence-electron chi connectivity index (χ0n) is 22.3. The molecule has 1 amide bonds. The third-order valence-electron chi connectivity index (χ3n) is 8.20. The summed E-state index contributed by atoms with van der Waals surface area (Å²) in [6.45, 7) is 4.33. The van der Waals surface area contributed by atoms with Crippen molar-refractivity contribution >= 4 is 29.2 Å². The van der Waals surface area contributed by atoms with Gasteiger partial charge in [0.2, 0.25) is 0 Å². The van der Waals surface area contributed by atoms with E-state index in [1.165, 1.54) is 18.2 Å². The number of carboxylic acid groups (broad SMARTS) is 1. The summed E-state index contributed by atoms with van der Waals surface area (Å²) < 4.78 is 38.0. The number of nitrogens with one attached hydrogen (secondary N) is 1. The zero-order chi connectivity index (χ0) is 28.4. The minimum atomic E-state index is -3.10. The molecular weight excluding hydrogens is 534 g/mol. The van der Waals surface area contributed by atoms with Crippen molar-refractivity contribution < 1.29 is 33.0 Å². The molecule has 12 heteroatoms. The molecule has 1 aromatic heterocycles. The average Bonchev–Trinajstić information content (AvgIpc) is 3.41. The number of likely N-dealkylation sites (tertiary alicyclic amines) is 1. The van der Waals surface area contributed by atoms with Crippen LogP contribution in [0.1, 0.15) is 58.1 Å². The number of aromatic nitrogens is 2. The van der Waals surface area contributed by atoms with Gasteiger partial charge in [0.05, 0.1) is 5.69 Å². The second kappa shape index (κ2) is 11.8. The molecule has 3 heterocycles. The Labute approximate surface area is 231 Å². The van der Waals surface area contributed by atoms with Gasteiger partial charge in [0.15, 0.2) is 5.75 Å². The van der Waals surface area contributed by atoms with Crippen molar-refractivity contribution in [2.24, 2.45) is 5.92 Å². The van der Waals surface area contributed by atoms with Crippen LogP contribution in [0.5, 0.6) is 5.75 Å². The van der Waals surface area contributed by atoms with Crippen LogP contribution in [0.2, 0.25) is 5.02 Å². The first-order chi connectivity index (χ1) is 18.5. The van der Waals surface area contributed by atoms with E-state index in [4.69, 9.17) is 16.3 Å². The van der Waals surface area contributed by atoms with Crippen molar-refractivity contribution in [1.29, 1.82) is 0 Å². The molecule has 1 aromatic carbocycles. The summed E-state index contributed by atoms with van der Waals surface area (Å²) in [6.07, 6.45) is 3.46. The Balaban J connectivity index is 1.67. The molecule has 0 spiro atoms. The van der Waals surface area contributed by atoms with E-state index in [9.17, 15) is 23.5 Å². The lowest BCUT2D eigenvalue weighted by molar-refractivity contribution is -0.160. The first-order valence-corrected chi connectivity index (χ1v) is 13.5. The van der Waals surface area contributed by atoms with E-state index in [0.717, 1.165) is 5.69 Å². The largest absolute Gasteiger partial charge is 0.480 e. The van der Waals surface area contributed by atoms with Crippen LogP contribution in [0.3, 0.4) is 0 Å². The standard InChI is InChI=1S/C27H35ClF2N4O5/c1-17(2)21-6-11-31-34(21)27(23(35)32-20-5-4-19(28)16-22(20)39-25(29)30)9-12-33(13-10-27)26(3,24(36)37)18-7-14-38-15-8-18/h4-6,11,16-18,25H,7-10,12-15H2,1-3H3,(H,32,35)(H,36,37). The summed E-state index contributed by atoms with van der Waals surface area (Å²) in [5.41, 5.74) is -1.41. The van der Waals surface area contributed by atoms with E-state index >= 15 is 0 Å². The number of hydrogen-bond donors (Lipinski definition) is 2. The van der Waals surface area contributed by atoms with Crippen LogP contribution >= 0.6 is 11.6 Å². The first-order valence-electron chi connectivity index (χ1n) is 13.2. The van der Waals surface area contributed by atoms with Crippen LogP contribution < -0.4 is 10.1 Å².